The third-order valence-corrected chi connectivity index (χ3v) is 8.10. The van der Waals surface area contributed by atoms with Crippen molar-refractivity contribution in [2.45, 2.75) is 149 Å². The lowest BCUT2D eigenvalue weighted by Crippen LogP contribution is -2.11. The fourth-order valence-corrected chi connectivity index (χ4v) is 5.44. The number of aromatic hydroxyl groups is 2. The molecule has 0 aliphatic heterocycles. The summed E-state index contributed by atoms with van der Waals surface area (Å²) in [6.45, 7) is 4.46. The fourth-order valence-electron chi connectivity index (χ4n) is 5.44. The predicted molar refractivity (Wildman–Crippen MR) is 180 cm³/mol. The summed E-state index contributed by atoms with van der Waals surface area (Å²) in [6.07, 6.45) is 23.1. The normalized spacial score (nSPS) is 11.0. The minimum absolute atomic E-state index is 0.0301. The Balaban J connectivity index is 1.68. The predicted octanol–water partition coefficient (Wildman–Crippen LogP) is 10.4. The highest BCUT2D eigenvalue weighted by atomic mass is 16.3. The van der Waals surface area contributed by atoms with Crippen molar-refractivity contribution in [1.29, 1.82) is 0 Å². The van der Waals surface area contributed by atoms with E-state index in [1.54, 1.807) is 24.3 Å². The Bertz CT molecular complexity index is 985. The summed E-state index contributed by atoms with van der Waals surface area (Å²) >= 11 is 0. The molecule has 43 heavy (non-hydrogen) atoms. The van der Waals surface area contributed by atoms with Crippen LogP contribution in [0.25, 0.3) is 0 Å². The van der Waals surface area contributed by atoms with Crippen LogP contribution in [0.5, 0.6) is 11.5 Å². The number of hydrogen-bond donors (Lipinski definition) is 4. The van der Waals surface area contributed by atoms with Crippen LogP contribution in [-0.4, -0.2) is 22.0 Å². The van der Waals surface area contributed by atoms with Crippen molar-refractivity contribution in [2.24, 2.45) is 0 Å². The van der Waals surface area contributed by atoms with Crippen LogP contribution in [0.4, 0.5) is 11.4 Å². The fraction of sp³-hybridized carbons (Fsp3) is 0.622. The van der Waals surface area contributed by atoms with E-state index in [9.17, 15) is 19.8 Å². The molecule has 0 heterocycles. The van der Waals surface area contributed by atoms with Gasteiger partial charge >= 0.3 is 0 Å². The van der Waals surface area contributed by atoms with Gasteiger partial charge in [0.1, 0.15) is 11.5 Å². The van der Waals surface area contributed by atoms with Gasteiger partial charge in [-0.05, 0) is 54.7 Å². The lowest BCUT2D eigenvalue weighted by molar-refractivity contribution is -0.117. The lowest BCUT2D eigenvalue weighted by atomic mass is 10.0. The molecule has 0 aromatic heterocycles. The Labute approximate surface area is 261 Å². The van der Waals surface area contributed by atoms with E-state index in [1.807, 2.05) is 12.1 Å². The second kappa shape index (κ2) is 22.5. The molecule has 240 valence electrons. The zero-order valence-corrected chi connectivity index (χ0v) is 27.0. The maximum atomic E-state index is 12.4. The Kier molecular flexibility index (Phi) is 18.9. The minimum atomic E-state index is -0.0774. The van der Waals surface area contributed by atoms with Gasteiger partial charge in [0.05, 0.1) is 11.4 Å². The Hall–Kier alpha value is -3.02. The molecule has 0 fully saturated rings. The highest BCUT2D eigenvalue weighted by Gasteiger charge is 2.11. The molecule has 0 aliphatic rings. The summed E-state index contributed by atoms with van der Waals surface area (Å²) in [5.74, 6) is -0.0947. The third kappa shape index (κ3) is 16.4. The first kappa shape index (κ1) is 36.2. The molecule has 6 heteroatoms. The first-order chi connectivity index (χ1) is 20.9. The van der Waals surface area contributed by atoms with Gasteiger partial charge in [-0.15, -0.1) is 0 Å². The zero-order chi connectivity index (χ0) is 31.1. The van der Waals surface area contributed by atoms with Crippen molar-refractivity contribution in [3.63, 3.8) is 0 Å². The summed E-state index contributed by atoms with van der Waals surface area (Å²) in [7, 11) is 0. The number of phenols is 2. The topological polar surface area (TPSA) is 98.7 Å². The molecular weight excluding hydrogens is 536 g/mol. The summed E-state index contributed by atoms with van der Waals surface area (Å²) in [5.41, 5.74) is 2.54. The first-order valence-electron chi connectivity index (χ1n) is 17.2. The van der Waals surface area contributed by atoms with Crippen LogP contribution in [0, 0.1) is 0 Å². The Morgan fingerprint density at radius 2 is 0.837 bits per heavy atom. The molecule has 6 nitrogen and oxygen atoms in total. The van der Waals surface area contributed by atoms with E-state index in [4.69, 9.17) is 0 Å². The van der Waals surface area contributed by atoms with E-state index >= 15 is 0 Å². The molecule has 0 atom stereocenters. The highest BCUT2D eigenvalue weighted by molar-refractivity contribution is 5.92. The van der Waals surface area contributed by atoms with Gasteiger partial charge in [-0.2, -0.15) is 0 Å². The van der Waals surface area contributed by atoms with E-state index in [1.165, 1.54) is 89.9 Å². The number of amides is 2. The second-order valence-electron chi connectivity index (χ2n) is 12.1. The number of carbonyl (C=O) groups excluding carboxylic acids is 2. The monoisotopic (exact) mass is 594 g/mol. The molecule has 0 saturated carbocycles. The smallest absolute Gasteiger partial charge is 0.224 e. The van der Waals surface area contributed by atoms with Gasteiger partial charge in [-0.3, -0.25) is 9.59 Å². The zero-order valence-electron chi connectivity index (χ0n) is 27.0. The number of hydrogen-bond acceptors (Lipinski definition) is 4. The maximum Gasteiger partial charge on any atom is 0.224 e. The van der Waals surface area contributed by atoms with Crippen LogP contribution in [0.2, 0.25) is 0 Å². The van der Waals surface area contributed by atoms with Gasteiger partial charge in [0.25, 0.3) is 0 Å². The van der Waals surface area contributed by atoms with Crippen LogP contribution in [0.3, 0.4) is 0 Å². The summed E-state index contributed by atoms with van der Waals surface area (Å²) in [6, 6.07) is 10.5. The van der Waals surface area contributed by atoms with E-state index in [0.29, 0.717) is 30.6 Å². The largest absolute Gasteiger partial charge is 0.506 e. The van der Waals surface area contributed by atoms with Crippen LogP contribution in [-0.2, 0) is 16.0 Å². The number of rotatable bonds is 24. The number of carbonyl (C=O) groups is 2. The molecule has 0 bridgehead atoms. The summed E-state index contributed by atoms with van der Waals surface area (Å²) in [5, 5.41) is 26.6. The van der Waals surface area contributed by atoms with Crippen LogP contribution >= 0.6 is 0 Å². The van der Waals surface area contributed by atoms with Crippen molar-refractivity contribution >= 4 is 23.2 Å². The third-order valence-electron chi connectivity index (χ3n) is 8.10. The molecule has 0 radical (unpaired) electrons. The van der Waals surface area contributed by atoms with Gasteiger partial charge in [-0.25, -0.2) is 0 Å². The average Bonchev–Trinajstić information content (AvgIpc) is 2.98. The van der Waals surface area contributed by atoms with Crippen LogP contribution < -0.4 is 10.6 Å². The van der Waals surface area contributed by atoms with Crippen molar-refractivity contribution < 1.29 is 19.8 Å². The molecule has 0 aliphatic carbocycles. The summed E-state index contributed by atoms with van der Waals surface area (Å²) < 4.78 is 0. The molecule has 4 N–H and O–H groups in total. The van der Waals surface area contributed by atoms with Gasteiger partial charge in [0.2, 0.25) is 11.8 Å². The average molecular weight is 595 g/mol. The number of unbranched alkanes of at least 4 members (excludes halogenated alkanes) is 16. The molecule has 2 rings (SSSR count). The van der Waals surface area contributed by atoms with Crippen LogP contribution in [0.15, 0.2) is 36.4 Å². The molecule has 2 amide bonds. The van der Waals surface area contributed by atoms with Crippen molar-refractivity contribution in [3.05, 3.63) is 47.5 Å². The van der Waals surface area contributed by atoms with Crippen molar-refractivity contribution in [1.82, 2.24) is 0 Å². The molecule has 2 aromatic carbocycles. The van der Waals surface area contributed by atoms with Crippen LogP contribution in [0.1, 0.15) is 153 Å². The number of benzene rings is 2. The van der Waals surface area contributed by atoms with Gasteiger partial charge in [-0.1, -0.05) is 129 Å². The number of phenolic OH excluding ortho intramolecular Hbond substituents is 2. The molecule has 0 saturated heterocycles. The van der Waals surface area contributed by atoms with Gasteiger partial charge < -0.3 is 20.8 Å². The SMILES string of the molecule is CCCCCCCCCCCC(=O)Nc1ccc(Cc2ccc(NC(=O)CCCCCCCCCCC)c(O)c2)cc1O. The molecule has 0 unspecified atom stereocenters. The number of nitrogens with one attached hydrogen (secondary N) is 2. The van der Waals surface area contributed by atoms with Crippen molar-refractivity contribution in [3.8, 4) is 11.5 Å². The maximum absolute atomic E-state index is 12.4. The van der Waals surface area contributed by atoms with Gasteiger partial charge in [0, 0.05) is 12.8 Å². The Morgan fingerprint density at radius 1 is 0.512 bits per heavy atom. The standard InChI is InChI=1S/C37H58N2O4/c1-3-5-7-9-11-13-15-17-19-21-36(42)38-32-25-23-30(28-34(32)40)27-31-24-26-33(35(41)29-31)39-37(43)22-20-18-16-14-12-10-8-6-4-2/h23-26,28-29,40-41H,3-22,27H2,1-2H3,(H,38,42)(H,39,43). The number of anilines is 2. The van der Waals surface area contributed by atoms with E-state index in [-0.39, 0.29) is 23.3 Å². The van der Waals surface area contributed by atoms with E-state index in [0.717, 1.165) is 36.8 Å². The molecule has 2 aromatic rings. The molecule has 0 spiro atoms. The van der Waals surface area contributed by atoms with Crippen molar-refractivity contribution in [2.75, 3.05) is 10.6 Å². The minimum Gasteiger partial charge on any atom is -0.506 e. The quantitative estimate of drug-likeness (QED) is 0.0717. The summed E-state index contributed by atoms with van der Waals surface area (Å²) in [4.78, 5) is 24.7. The Morgan fingerprint density at radius 3 is 1.16 bits per heavy atom. The van der Waals surface area contributed by atoms with E-state index < -0.39 is 0 Å². The lowest BCUT2D eigenvalue weighted by Gasteiger charge is -2.11. The second-order valence-corrected chi connectivity index (χ2v) is 12.1. The first-order valence-corrected chi connectivity index (χ1v) is 17.2. The highest BCUT2D eigenvalue weighted by Crippen LogP contribution is 2.29. The molecular formula is C37H58N2O4. The van der Waals surface area contributed by atoms with Gasteiger partial charge in [0.15, 0.2) is 0 Å². The van der Waals surface area contributed by atoms with E-state index in [2.05, 4.69) is 24.5 Å².